The predicted octanol–water partition coefficient (Wildman–Crippen LogP) is 1.17. The minimum absolute atomic E-state index is 0.0139. The number of hydrogen-bond donors (Lipinski definition) is 2. The molecule has 0 fully saturated rings. The molecule has 0 unspecified atom stereocenters. The quantitative estimate of drug-likeness (QED) is 0.726. The molecule has 0 radical (unpaired) electrons. The van der Waals surface area contributed by atoms with E-state index in [9.17, 15) is 0 Å². The molecule has 0 aliphatic heterocycles. The molecule has 0 amide bonds. The minimum Gasteiger partial charge on any atom is -0.282 e. The van der Waals surface area contributed by atoms with Crippen LogP contribution in [0, 0.1) is 0 Å². The normalized spacial score (nSPS) is 12.2. The van der Waals surface area contributed by atoms with Crippen molar-refractivity contribution in [3.63, 3.8) is 0 Å². The smallest absolute Gasteiger partial charge is 0.0852 e. The van der Waals surface area contributed by atoms with Gasteiger partial charge in [0.15, 0.2) is 0 Å². The van der Waals surface area contributed by atoms with Crippen molar-refractivity contribution in [1.82, 2.24) is 19.7 Å². The third-order valence-electron chi connectivity index (χ3n) is 1.92. The molecule has 0 aliphatic carbocycles. The molecule has 0 bridgehead atoms. The molecule has 0 aromatic carbocycles. The molecule has 82 valence electrons. The zero-order chi connectivity index (χ0) is 10.6. The Hall–Kier alpha value is -0.550. The van der Waals surface area contributed by atoms with Gasteiger partial charge >= 0.3 is 0 Å². The lowest BCUT2D eigenvalue weighted by atomic mass is 10.2. The van der Waals surface area contributed by atoms with Gasteiger partial charge in [0.05, 0.1) is 12.2 Å². The second kappa shape index (κ2) is 5.36. The molecule has 1 heterocycles. The number of rotatable bonds is 5. The van der Waals surface area contributed by atoms with Gasteiger partial charge < -0.3 is 0 Å². The lowest BCUT2D eigenvalue weighted by molar-refractivity contribution is 0.587. The molecule has 0 atom stereocenters. The monoisotopic (exact) mass is 216 g/mol. The standard InChI is InChI=1S/C9H20N4S/c1-8(2)9-7-13(12-11-9)6-5-10-14(3)4/h7-8,10,14H,5-6H2,1-4H3. The molecule has 1 aromatic heterocycles. The van der Waals surface area contributed by atoms with Gasteiger partial charge in [-0.25, -0.2) is 11.1 Å². The van der Waals surface area contributed by atoms with E-state index in [0.29, 0.717) is 5.92 Å². The summed E-state index contributed by atoms with van der Waals surface area (Å²) in [5, 5.41) is 8.17. The maximum Gasteiger partial charge on any atom is 0.0852 e. The van der Waals surface area contributed by atoms with E-state index < -0.39 is 0 Å². The van der Waals surface area contributed by atoms with Gasteiger partial charge in [0, 0.05) is 12.7 Å². The Bertz CT molecular complexity index is 270. The fourth-order valence-electron chi connectivity index (χ4n) is 1.08. The second-order valence-corrected chi connectivity index (χ2v) is 5.97. The van der Waals surface area contributed by atoms with Crippen LogP contribution in [0.4, 0.5) is 0 Å². The molecule has 4 nitrogen and oxygen atoms in total. The number of thiol groups is 1. The Labute approximate surface area is 88.6 Å². The predicted molar refractivity (Wildman–Crippen MR) is 62.9 cm³/mol. The maximum atomic E-state index is 4.10. The van der Waals surface area contributed by atoms with Gasteiger partial charge in [-0.3, -0.25) is 9.40 Å². The summed E-state index contributed by atoms with van der Waals surface area (Å²) in [5.74, 6) is 0.464. The van der Waals surface area contributed by atoms with Gasteiger partial charge in [0.25, 0.3) is 0 Å². The van der Waals surface area contributed by atoms with Gasteiger partial charge in [-0.1, -0.05) is 19.1 Å². The zero-order valence-corrected chi connectivity index (χ0v) is 10.3. The highest BCUT2D eigenvalue weighted by molar-refractivity contribution is 8.14. The van der Waals surface area contributed by atoms with Gasteiger partial charge in [0.2, 0.25) is 0 Å². The maximum absolute atomic E-state index is 4.10. The molecule has 0 spiro atoms. The number of nitrogens with one attached hydrogen (secondary N) is 1. The van der Waals surface area contributed by atoms with E-state index in [1.807, 2.05) is 10.9 Å². The van der Waals surface area contributed by atoms with Crippen LogP contribution in [0.25, 0.3) is 0 Å². The summed E-state index contributed by atoms with van der Waals surface area (Å²) in [6.07, 6.45) is 6.44. The highest BCUT2D eigenvalue weighted by atomic mass is 32.2. The van der Waals surface area contributed by atoms with E-state index in [2.05, 4.69) is 41.4 Å². The molecule has 0 aliphatic rings. The van der Waals surface area contributed by atoms with E-state index in [1.54, 1.807) is 0 Å². The lowest BCUT2D eigenvalue weighted by Gasteiger charge is -2.10. The Morgan fingerprint density at radius 2 is 2.21 bits per heavy atom. The van der Waals surface area contributed by atoms with Crippen LogP contribution in [-0.4, -0.2) is 34.1 Å². The van der Waals surface area contributed by atoms with Crippen LogP contribution in [0.1, 0.15) is 25.5 Å². The fraction of sp³-hybridized carbons (Fsp3) is 0.778. The molecule has 0 saturated carbocycles. The van der Waals surface area contributed by atoms with Crippen molar-refractivity contribution in [3.05, 3.63) is 11.9 Å². The summed E-state index contributed by atoms with van der Waals surface area (Å²) in [5.41, 5.74) is 1.07. The van der Waals surface area contributed by atoms with Crippen molar-refractivity contribution < 1.29 is 0 Å². The van der Waals surface area contributed by atoms with Crippen LogP contribution in [0.15, 0.2) is 6.20 Å². The highest BCUT2D eigenvalue weighted by Crippen LogP contribution is 2.09. The first-order valence-corrected chi connectivity index (χ1v) is 7.14. The summed E-state index contributed by atoms with van der Waals surface area (Å²) < 4.78 is 5.31. The summed E-state index contributed by atoms with van der Waals surface area (Å²) in [6, 6.07) is 0. The molecule has 0 saturated heterocycles. The third kappa shape index (κ3) is 3.67. The number of hydrogen-bond acceptors (Lipinski definition) is 3. The third-order valence-corrected chi connectivity index (χ3v) is 2.77. The minimum atomic E-state index is -0.0139. The fourth-order valence-corrected chi connectivity index (χ4v) is 1.62. The molecule has 14 heavy (non-hydrogen) atoms. The van der Waals surface area contributed by atoms with E-state index in [1.165, 1.54) is 0 Å². The molecular weight excluding hydrogens is 196 g/mol. The summed E-state index contributed by atoms with van der Waals surface area (Å²) in [7, 11) is 0. The van der Waals surface area contributed by atoms with Crippen LogP contribution in [-0.2, 0) is 6.54 Å². The SMILES string of the molecule is CC(C)c1cn(CCN[SH](C)C)nn1. The van der Waals surface area contributed by atoms with E-state index in [0.717, 1.165) is 18.8 Å². The van der Waals surface area contributed by atoms with Gasteiger partial charge in [-0.2, -0.15) is 0 Å². The first-order valence-electron chi connectivity index (χ1n) is 4.90. The topological polar surface area (TPSA) is 42.7 Å². The average molecular weight is 216 g/mol. The van der Waals surface area contributed by atoms with Gasteiger partial charge in [-0.15, -0.1) is 5.10 Å². The number of aromatic nitrogens is 3. The Kier molecular flexibility index (Phi) is 4.41. The van der Waals surface area contributed by atoms with Crippen LogP contribution in [0.5, 0.6) is 0 Å². The first-order chi connectivity index (χ1) is 6.59. The molecule has 1 rings (SSSR count). The molecule has 1 N–H and O–H groups in total. The first kappa shape index (κ1) is 11.5. The Morgan fingerprint density at radius 3 is 2.71 bits per heavy atom. The van der Waals surface area contributed by atoms with Crippen LogP contribution < -0.4 is 4.72 Å². The van der Waals surface area contributed by atoms with Crippen molar-refractivity contribution in [3.8, 4) is 0 Å². The summed E-state index contributed by atoms with van der Waals surface area (Å²) in [4.78, 5) is 0. The molecule has 5 heteroatoms. The van der Waals surface area contributed by atoms with Crippen molar-refractivity contribution in [1.29, 1.82) is 0 Å². The largest absolute Gasteiger partial charge is 0.282 e. The van der Waals surface area contributed by atoms with Crippen LogP contribution in [0.2, 0.25) is 0 Å². The Morgan fingerprint density at radius 1 is 1.50 bits per heavy atom. The summed E-state index contributed by atoms with van der Waals surface area (Å²) in [6.45, 7) is 6.13. The van der Waals surface area contributed by atoms with Gasteiger partial charge in [0.1, 0.15) is 0 Å². The van der Waals surface area contributed by atoms with E-state index >= 15 is 0 Å². The van der Waals surface area contributed by atoms with Crippen molar-refractivity contribution in [2.45, 2.75) is 26.3 Å². The Balaban J connectivity index is 2.36. The zero-order valence-electron chi connectivity index (χ0n) is 9.36. The van der Waals surface area contributed by atoms with Gasteiger partial charge in [-0.05, 0) is 18.4 Å². The average Bonchev–Trinajstić information content (AvgIpc) is 2.52. The van der Waals surface area contributed by atoms with E-state index in [-0.39, 0.29) is 11.1 Å². The number of nitrogens with zero attached hydrogens (tertiary/aromatic N) is 3. The second-order valence-electron chi connectivity index (χ2n) is 3.86. The summed E-state index contributed by atoms with van der Waals surface area (Å²) >= 11 is -0.0139. The van der Waals surface area contributed by atoms with Crippen molar-refractivity contribution in [2.24, 2.45) is 0 Å². The van der Waals surface area contributed by atoms with Crippen molar-refractivity contribution in [2.75, 3.05) is 19.1 Å². The van der Waals surface area contributed by atoms with Crippen LogP contribution in [0.3, 0.4) is 0 Å². The molecule has 1 aromatic rings. The lowest BCUT2D eigenvalue weighted by Crippen LogP contribution is -2.16. The highest BCUT2D eigenvalue weighted by Gasteiger charge is 2.03. The van der Waals surface area contributed by atoms with Crippen LogP contribution >= 0.6 is 11.1 Å². The molecular formula is C9H20N4S. The van der Waals surface area contributed by atoms with Crippen molar-refractivity contribution >= 4 is 11.1 Å². The van der Waals surface area contributed by atoms with E-state index in [4.69, 9.17) is 0 Å².